The molecule has 0 spiro atoms. The number of halogens is 1. The number of hydrogen-bond donors (Lipinski definition) is 3. The van der Waals surface area contributed by atoms with Gasteiger partial charge in [-0.2, -0.15) is 4.99 Å². The summed E-state index contributed by atoms with van der Waals surface area (Å²) in [7, 11) is 0. The van der Waals surface area contributed by atoms with Crippen molar-refractivity contribution in [3.63, 3.8) is 0 Å². The molecule has 0 aliphatic carbocycles. The summed E-state index contributed by atoms with van der Waals surface area (Å²) in [6, 6.07) is 14.0. The molecule has 0 unspecified atom stereocenters. The van der Waals surface area contributed by atoms with Crippen LogP contribution in [0.1, 0.15) is 6.92 Å². The van der Waals surface area contributed by atoms with E-state index in [2.05, 4.69) is 4.99 Å². The lowest BCUT2D eigenvalue weighted by atomic mass is 10.1. The third-order valence-electron chi connectivity index (χ3n) is 2.86. The number of nitrogens with zero attached hydrogens (tertiary/aromatic N) is 2. The van der Waals surface area contributed by atoms with Crippen LogP contribution in [0.2, 0.25) is 0 Å². The van der Waals surface area contributed by atoms with Gasteiger partial charge in [-0.25, -0.2) is 0 Å². The number of fused-ring (bicyclic) bond motifs is 1. The zero-order valence-corrected chi connectivity index (χ0v) is 12.0. The summed E-state index contributed by atoms with van der Waals surface area (Å²) >= 11 is 0. The second-order valence-corrected chi connectivity index (χ2v) is 4.10. The molecule has 0 saturated carbocycles. The summed E-state index contributed by atoms with van der Waals surface area (Å²) in [5.74, 6) is -0.0671. The van der Waals surface area contributed by atoms with E-state index in [4.69, 9.17) is 16.9 Å². The average molecular weight is 292 g/mol. The molecule has 5 N–H and O–H groups in total. The minimum atomic E-state index is -0.108. The maximum atomic E-state index is 7.97. The van der Waals surface area contributed by atoms with Gasteiger partial charge in [-0.05, 0) is 18.4 Å². The highest BCUT2D eigenvalue weighted by Crippen LogP contribution is 2.26. The van der Waals surface area contributed by atoms with Crippen molar-refractivity contribution in [2.24, 2.45) is 16.5 Å². The summed E-state index contributed by atoms with van der Waals surface area (Å²) in [5.41, 5.74) is 11.6. The van der Waals surface area contributed by atoms with Crippen LogP contribution in [0.15, 0.2) is 47.5 Å². The van der Waals surface area contributed by atoms with Gasteiger partial charge in [0.1, 0.15) is 0 Å². The Morgan fingerprint density at radius 1 is 1.15 bits per heavy atom. The van der Waals surface area contributed by atoms with Gasteiger partial charge in [0.15, 0.2) is 5.96 Å². The van der Waals surface area contributed by atoms with E-state index in [-0.39, 0.29) is 24.3 Å². The lowest BCUT2D eigenvalue weighted by molar-refractivity contribution is 1.04. The van der Waals surface area contributed by atoms with Gasteiger partial charge in [0, 0.05) is 11.9 Å². The van der Waals surface area contributed by atoms with Gasteiger partial charge in [0.2, 0.25) is 5.96 Å². The van der Waals surface area contributed by atoms with Crippen LogP contribution in [0.25, 0.3) is 10.8 Å². The van der Waals surface area contributed by atoms with Gasteiger partial charge in [0.05, 0.1) is 5.69 Å². The maximum absolute atomic E-state index is 7.97. The van der Waals surface area contributed by atoms with Crippen molar-refractivity contribution in [3.05, 3.63) is 42.5 Å². The standard InChI is InChI=1S/C14H17N5.ClH/c1-2-19(14(17)18-13(15)16)12-9-5-7-10-6-3-4-8-11(10)12;/h3-9H,2H2,1H3,(H5,15,16,17,18);1H. The molecule has 5 nitrogen and oxygen atoms in total. The van der Waals surface area contributed by atoms with E-state index < -0.39 is 0 Å². The summed E-state index contributed by atoms with van der Waals surface area (Å²) in [6.07, 6.45) is 0. The van der Waals surface area contributed by atoms with Crippen molar-refractivity contribution in [2.75, 3.05) is 11.4 Å². The Morgan fingerprint density at radius 3 is 2.45 bits per heavy atom. The van der Waals surface area contributed by atoms with E-state index in [1.807, 2.05) is 49.4 Å². The number of aliphatic imine (C=N–C) groups is 1. The van der Waals surface area contributed by atoms with Crippen LogP contribution in [0.5, 0.6) is 0 Å². The lowest BCUT2D eigenvalue weighted by Gasteiger charge is -2.22. The number of nitrogens with one attached hydrogen (secondary N) is 1. The first kappa shape index (κ1) is 15.8. The van der Waals surface area contributed by atoms with Gasteiger partial charge in [0.25, 0.3) is 0 Å². The SMILES string of the molecule is CCN(C(=N)N=C(N)N)c1cccc2ccccc12.Cl. The fourth-order valence-corrected chi connectivity index (χ4v) is 2.06. The summed E-state index contributed by atoms with van der Waals surface area (Å²) in [6.45, 7) is 2.57. The number of hydrogen-bond acceptors (Lipinski definition) is 1. The maximum Gasteiger partial charge on any atom is 0.225 e. The fraction of sp³-hybridized carbons (Fsp3) is 0.143. The van der Waals surface area contributed by atoms with Gasteiger partial charge in [-0.15, -0.1) is 12.4 Å². The third kappa shape index (κ3) is 3.19. The number of guanidine groups is 2. The van der Waals surface area contributed by atoms with Gasteiger partial charge in [-0.1, -0.05) is 36.4 Å². The van der Waals surface area contributed by atoms with E-state index in [1.54, 1.807) is 4.90 Å². The Balaban J connectivity index is 0.00000200. The molecule has 106 valence electrons. The van der Waals surface area contributed by atoms with Gasteiger partial charge in [-0.3, -0.25) is 5.41 Å². The van der Waals surface area contributed by atoms with Crippen LogP contribution >= 0.6 is 12.4 Å². The first-order valence-corrected chi connectivity index (χ1v) is 6.07. The molecule has 0 aromatic heterocycles. The molecule has 0 amide bonds. The predicted octanol–water partition coefficient (Wildman–Crippen LogP) is 2.30. The Kier molecular flexibility index (Phi) is 5.34. The van der Waals surface area contributed by atoms with Gasteiger partial charge < -0.3 is 16.4 Å². The van der Waals surface area contributed by atoms with E-state index in [0.717, 1.165) is 16.5 Å². The second kappa shape index (κ2) is 6.77. The van der Waals surface area contributed by atoms with Crippen molar-refractivity contribution in [1.29, 1.82) is 5.41 Å². The summed E-state index contributed by atoms with van der Waals surface area (Å²) in [4.78, 5) is 5.58. The van der Waals surface area contributed by atoms with Crippen LogP contribution in [0.3, 0.4) is 0 Å². The van der Waals surface area contributed by atoms with Crippen molar-refractivity contribution in [1.82, 2.24) is 0 Å². The highest BCUT2D eigenvalue weighted by Gasteiger charge is 2.12. The number of anilines is 1. The average Bonchev–Trinajstić information content (AvgIpc) is 2.39. The smallest absolute Gasteiger partial charge is 0.225 e. The number of benzene rings is 2. The molecule has 0 aliphatic rings. The zero-order valence-electron chi connectivity index (χ0n) is 11.2. The highest BCUT2D eigenvalue weighted by atomic mass is 35.5. The lowest BCUT2D eigenvalue weighted by Crippen LogP contribution is -2.33. The molecule has 2 aromatic carbocycles. The molecule has 6 heteroatoms. The van der Waals surface area contributed by atoms with Crippen LogP contribution in [0, 0.1) is 5.41 Å². The third-order valence-corrected chi connectivity index (χ3v) is 2.86. The zero-order chi connectivity index (χ0) is 13.8. The molecule has 0 heterocycles. The Hall–Kier alpha value is -2.27. The Bertz CT molecular complexity index is 629. The molecule has 2 rings (SSSR count). The summed E-state index contributed by atoms with van der Waals surface area (Å²) in [5, 5.41) is 10.2. The minimum absolute atomic E-state index is 0. The summed E-state index contributed by atoms with van der Waals surface area (Å²) < 4.78 is 0. The highest BCUT2D eigenvalue weighted by molar-refractivity contribution is 6.07. The van der Waals surface area contributed by atoms with E-state index >= 15 is 0 Å². The Morgan fingerprint density at radius 2 is 1.80 bits per heavy atom. The van der Waals surface area contributed by atoms with E-state index in [1.165, 1.54) is 0 Å². The first-order valence-electron chi connectivity index (χ1n) is 6.07. The molecule has 2 aromatic rings. The van der Waals surface area contributed by atoms with Crippen molar-refractivity contribution in [2.45, 2.75) is 6.92 Å². The predicted molar refractivity (Wildman–Crippen MR) is 87.8 cm³/mol. The van der Waals surface area contributed by atoms with E-state index in [9.17, 15) is 0 Å². The van der Waals surface area contributed by atoms with Crippen molar-refractivity contribution >= 4 is 40.8 Å². The molecule has 0 bridgehead atoms. The van der Waals surface area contributed by atoms with Crippen LogP contribution in [-0.2, 0) is 0 Å². The van der Waals surface area contributed by atoms with Crippen molar-refractivity contribution in [3.8, 4) is 0 Å². The van der Waals surface area contributed by atoms with Crippen LogP contribution in [-0.4, -0.2) is 18.5 Å². The fourth-order valence-electron chi connectivity index (χ4n) is 2.06. The second-order valence-electron chi connectivity index (χ2n) is 4.10. The van der Waals surface area contributed by atoms with Crippen LogP contribution < -0.4 is 16.4 Å². The monoisotopic (exact) mass is 291 g/mol. The normalized spacial score (nSPS) is 9.65. The first-order chi connectivity index (χ1) is 9.13. The Labute approximate surface area is 124 Å². The molecule has 0 atom stereocenters. The molecule has 0 saturated heterocycles. The number of rotatable bonds is 2. The van der Waals surface area contributed by atoms with Crippen molar-refractivity contribution < 1.29 is 0 Å². The molecule has 0 radical (unpaired) electrons. The molecule has 20 heavy (non-hydrogen) atoms. The minimum Gasteiger partial charge on any atom is -0.370 e. The molecule has 0 aliphatic heterocycles. The largest absolute Gasteiger partial charge is 0.370 e. The van der Waals surface area contributed by atoms with E-state index in [0.29, 0.717) is 6.54 Å². The molecular formula is C14H18ClN5. The molecular weight excluding hydrogens is 274 g/mol. The topological polar surface area (TPSA) is 91.5 Å². The quantitative estimate of drug-likeness (QED) is 0.585. The number of nitrogens with two attached hydrogens (primary N) is 2. The molecule has 0 fully saturated rings. The van der Waals surface area contributed by atoms with Crippen LogP contribution in [0.4, 0.5) is 5.69 Å². The van der Waals surface area contributed by atoms with Gasteiger partial charge >= 0.3 is 0 Å².